The first-order valence-corrected chi connectivity index (χ1v) is 8.19. The van der Waals surface area contributed by atoms with Crippen molar-refractivity contribution in [3.8, 4) is 0 Å². The lowest BCUT2D eigenvalue weighted by Crippen LogP contribution is -2.11. The van der Waals surface area contributed by atoms with Crippen LogP contribution in [0.4, 0.5) is 5.13 Å². The molecule has 4 rings (SSSR count). The molecular formula is C19H14N2OS. The Labute approximate surface area is 137 Å². The van der Waals surface area contributed by atoms with Gasteiger partial charge in [-0.2, -0.15) is 0 Å². The number of thiazole rings is 1. The molecule has 1 heterocycles. The fraction of sp³-hybridized carbons (Fsp3) is 0.0526. The summed E-state index contributed by atoms with van der Waals surface area (Å²) in [6, 6.07) is 19.8. The van der Waals surface area contributed by atoms with Crippen molar-refractivity contribution in [1.29, 1.82) is 0 Å². The zero-order valence-electron chi connectivity index (χ0n) is 12.5. The van der Waals surface area contributed by atoms with E-state index in [-0.39, 0.29) is 5.91 Å². The van der Waals surface area contributed by atoms with Crippen molar-refractivity contribution < 1.29 is 4.79 Å². The predicted molar refractivity (Wildman–Crippen MR) is 96.3 cm³/mol. The molecule has 4 heteroatoms. The van der Waals surface area contributed by atoms with Gasteiger partial charge in [0.05, 0.1) is 10.2 Å². The van der Waals surface area contributed by atoms with Gasteiger partial charge in [0.2, 0.25) is 0 Å². The Morgan fingerprint density at radius 3 is 2.78 bits per heavy atom. The van der Waals surface area contributed by atoms with E-state index in [9.17, 15) is 4.79 Å². The molecule has 0 radical (unpaired) electrons. The Kier molecular flexibility index (Phi) is 3.32. The Balaban J connectivity index is 1.72. The fourth-order valence-corrected chi connectivity index (χ4v) is 3.66. The summed E-state index contributed by atoms with van der Waals surface area (Å²) in [5.41, 5.74) is 2.62. The summed E-state index contributed by atoms with van der Waals surface area (Å²) in [5.74, 6) is -0.128. The number of nitrogens with one attached hydrogen (secondary N) is 1. The van der Waals surface area contributed by atoms with Crippen LogP contribution in [0, 0.1) is 6.92 Å². The lowest BCUT2D eigenvalue weighted by Gasteiger charge is -2.02. The molecule has 0 fully saturated rings. The van der Waals surface area contributed by atoms with Crippen molar-refractivity contribution in [2.45, 2.75) is 6.92 Å². The van der Waals surface area contributed by atoms with Crippen LogP contribution in [0.2, 0.25) is 0 Å². The highest BCUT2D eigenvalue weighted by Gasteiger charge is 2.11. The van der Waals surface area contributed by atoms with Crippen LogP contribution in [0.1, 0.15) is 15.9 Å². The van der Waals surface area contributed by atoms with E-state index < -0.39 is 0 Å². The molecule has 0 spiro atoms. The summed E-state index contributed by atoms with van der Waals surface area (Å²) in [7, 11) is 0. The predicted octanol–water partition coefficient (Wildman–Crippen LogP) is 5.01. The second-order valence-electron chi connectivity index (χ2n) is 5.48. The third-order valence-corrected chi connectivity index (χ3v) is 4.80. The lowest BCUT2D eigenvalue weighted by atomic mass is 10.1. The maximum absolute atomic E-state index is 12.4. The van der Waals surface area contributed by atoms with E-state index in [2.05, 4.69) is 28.5 Å². The van der Waals surface area contributed by atoms with E-state index in [1.165, 1.54) is 22.1 Å². The fourth-order valence-electron chi connectivity index (χ4n) is 2.66. The van der Waals surface area contributed by atoms with Crippen LogP contribution in [0.15, 0.2) is 60.7 Å². The second kappa shape index (κ2) is 5.48. The number of anilines is 1. The average Bonchev–Trinajstić information content (AvgIpc) is 2.97. The Morgan fingerprint density at radius 2 is 1.91 bits per heavy atom. The molecule has 0 aliphatic carbocycles. The molecule has 0 atom stereocenters. The number of aryl methyl sites for hydroxylation is 1. The first kappa shape index (κ1) is 13.9. The topological polar surface area (TPSA) is 42.0 Å². The standard InChI is InChI=1S/C19H14N2OS/c1-12-5-4-7-14(11-12)18(22)21-19-20-16-10-9-13-6-2-3-8-15(13)17(16)23-19/h2-11H,1H3,(H,20,21,22). The molecule has 3 aromatic carbocycles. The van der Waals surface area contributed by atoms with Gasteiger partial charge in [-0.25, -0.2) is 4.98 Å². The molecule has 0 saturated heterocycles. The van der Waals surface area contributed by atoms with Crippen molar-refractivity contribution in [1.82, 2.24) is 4.98 Å². The van der Waals surface area contributed by atoms with E-state index in [0.29, 0.717) is 10.7 Å². The van der Waals surface area contributed by atoms with Gasteiger partial charge < -0.3 is 0 Å². The number of carbonyl (C=O) groups excluding carboxylic acids is 1. The molecule has 1 aromatic heterocycles. The molecule has 3 nitrogen and oxygen atoms in total. The average molecular weight is 318 g/mol. The van der Waals surface area contributed by atoms with Gasteiger partial charge in [-0.05, 0) is 30.5 Å². The Morgan fingerprint density at radius 1 is 1.04 bits per heavy atom. The maximum Gasteiger partial charge on any atom is 0.257 e. The molecule has 1 amide bonds. The molecule has 1 N–H and O–H groups in total. The van der Waals surface area contributed by atoms with E-state index in [1.54, 1.807) is 0 Å². The minimum absolute atomic E-state index is 0.128. The van der Waals surface area contributed by atoms with Crippen molar-refractivity contribution in [2.24, 2.45) is 0 Å². The second-order valence-corrected chi connectivity index (χ2v) is 6.48. The normalized spacial score (nSPS) is 11.0. The summed E-state index contributed by atoms with van der Waals surface area (Å²) in [6.07, 6.45) is 0. The third kappa shape index (κ3) is 2.58. The minimum atomic E-state index is -0.128. The summed E-state index contributed by atoms with van der Waals surface area (Å²) in [5, 5.41) is 5.88. The van der Waals surface area contributed by atoms with Gasteiger partial charge >= 0.3 is 0 Å². The van der Waals surface area contributed by atoms with Crippen LogP contribution in [-0.4, -0.2) is 10.9 Å². The summed E-state index contributed by atoms with van der Waals surface area (Å²) in [4.78, 5) is 16.9. The highest BCUT2D eigenvalue weighted by atomic mass is 32.1. The van der Waals surface area contributed by atoms with E-state index >= 15 is 0 Å². The number of fused-ring (bicyclic) bond motifs is 3. The largest absolute Gasteiger partial charge is 0.298 e. The molecule has 4 aromatic rings. The molecule has 0 aliphatic rings. The number of benzene rings is 3. The highest BCUT2D eigenvalue weighted by Crippen LogP contribution is 2.32. The van der Waals surface area contributed by atoms with Crippen molar-refractivity contribution >= 4 is 43.4 Å². The number of carbonyl (C=O) groups is 1. The van der Waals surface area contributed by atoms with E-state index in [0.717, 1.165) is 15.8 Å². The monoisotopic (exact) mass is 318 g/mol. The number of amides is 1. The molecule has 0 saturated carbocycles. The zero-order chi connectivity index (χ0) is 15.8. The molecule has 0 bridgehead atoms. The molecule has 112 valence electrons. The third-order valence-electron chi connectivity index (χ3n) is 3.78. The molecule has 0 unspecified atom stereocenters. The van der Waals surface area contributed by atoms with Crippen molar-refractivity contribution in [3.05, 3.63) is 71.8 Å². The molecular weight excluding hydrogens is 304 g/mol. The zero-order valence-corrected chi connectivity index (χ0v) is 13.4. The van der Waals surface area contributed by atoms with Gasteiger partial charge in [-0.15, -0.1) is 0 Å². The Hall–Kier alpha value is -2.72. The maximum atomic E-state index is 12.4. The van der Waals surface area contributed by atoms with Crippen molar-refractivity contribution in [2.75, 3.05) is 5.32 Å². The number of aromatic nitrogens is 1. The van der Waals surface area contributed by atoms with Crippen LogP contribution < -0.4 is 5.32 Å². The quantitative estimate of drug-likeness (QED) is 0.564. The van der Waals surface area contributed by atoms with Gasteiger partial charge in [-0.3, -0.25) is 10.1 Å². The first-order chi connectivity index (χ1) is 11.2. The van der Waals surface area contributed by atoms with E-state index in [1.807, 2.05) is 49.4 Å². The molecule has 0 aliphatic heterocycles. The van der Waals surface area contributed by atoms with Crippen LogP contribution >= 0.6 is 11.3 Å². The minimum Gasteiger partial charge on any atom is -0.298 e. The summed E-state index contributed by atoms with van der Waals surface area (Å²) < 4.78 is 1.10. The van der Waals surface area contributed by atoms with Gasteiger partial charge in [0.25, 0.3) is 5.91 Å². The number of hydrogen-bond acceptors (Lipinski definition) is 3. The van der Waals surface area contributed by atoms with Crippen molar-refractivity contribution in [3.63, 3.8) is 0 Å². The lowest BCUT2D eigenvalue weighted by molar-refractivity contribution is 0.102. The summed E-state index contributed by atoms with van der Waals surface area (Å²) in [6.45, 7) is 1.97. The summed E-state index contributed by atoms with van der Waals surface area (Å²) >= 11 is 1.51. The SMILES string of the molecule is Cc1cccc(C(=O)Nc2nc3ccc4ccccc4c3s2)c1. The van der Waals surface area contributed by atoms with Gasteiger partial charge in [0.15, 0.2) is 5.13 Å². The Bertz CT molecular complexity index is 1040. The number of hydrogen-bond donors (Lipinski definition) is 1. The van der Waals surface area contributed by atoms with Crippen LogP contribution in [-0.2, 0) is 0 Å². The van der Waals surface area contributed by atoms with Gasteiger partial charge in [0.1, 0.15) is 0 Å². The number of nitrogens with zero attached hydrogens (tertiary/aromatic N) is 1. The van der Waals surface area contributed by atoms with Crippen LogP contribution in [0.3, 0.4) is 0 Å². The van der Waals surface area contributed by atoms with Crippen LogP contribution in [0.5, 0.6) is 0 Å². The van der Waals surface area contributed by atoms with Gasteiger partial charge in [0, 0.05) is 10.9 Å². The van der Waals surface area contributed by atoms with E-state index in [4.69, 9.17) is 0 Å². The van der Waals surface area contributed by atoms with Crippen LogP contribution in [0.25, 0.3) is 21.0 Å². The smallest absolute Gasteiger partial charge is 0.257 e. The van der Waals surface area contributed by atoms with Gasteiger partial charge in [-0.1, -0.05) is 59.4 Å². The molecule has 23 heavy (non-hydrogen) atoms. The first-order valence-electron chi connectivity index (χ1n) is 7.37. The highest BCUT2D eigenvalue weighted by molar-refractivity contribution is 7.23. The number of rotatable bonds is 2.